The number of hydrogen-bond donors (Lipinski definition) is 2. The lowest BCUT2D eigenvalue weighted by Crippen LogP contribution is -2.30. The quantitative estimate of drug-likeness (QED) is 0.812. The van der Waals surface area contributed by atoms with E-state index in [0.717, 1.165) is 0 Å². The molecule has 0 fully saturated rings. The molecule has 0 saturated carbocycles. The van der Waals surface area contributed by atoms with Crippen LogP contribution in [-0.2, 0) is 6.54 Å². The summed E-state index contributed by atoms with van der Waals surface area (Å²) >= 11 is 0. The molecule has 2 aromatic heterocycles. The molecule has 17 heavy (non-hydrogen) atoms. The van der Waals surface area contributed by atoms with Gasteiger partial charge in [-0.3, -0.25) is 14.3 Å². The van der Waals surface area contributed by atoms with Gasteiger partial charge in [-0.15, -0.1) is 0 Å². The van der Waals surface area contributed by atoms with Gasteiger partial charge >= 0.3 is 5.69 Å². The Hall–Kier alpha value is -2.11. The summed E-state index contributed by atoms with van der Waals surface area (Å²) in [5, 5.41) is 3.51. The number of rotatable bonds is 3. The molecule has 0 aliphatic carbocycles. The molecule has 0 aromatic carbocycles. The van der Waals surface area contributed by atoms with E-state index in [1.165, 1.54) is 4.57 Å². The molecule has 2 N–H and O–H groups in total. The van der Waals surface area contributed by atoms with Crippen LogP contribution in [-0.4, -0.2) is 21.1 Å². The Morgan fingerprint density at radius 3 is 2.82 bits per heavy atom. The molecule has 6 heteroatoms. The Labute approximate surface area is 97.3 Å². The molecule has 0 atom stereocenters. The summed E-state index contributed by atoms with van der Waals surface area (Å²) in [4.78, 5) is 29.8. The summed E-state index contributed by atoms with van der Waals surface area (Å²) in [6, 6.07) is 1.73. The highest BCUT2D eigenvalue weighted by Crippen LogP contribution is 2.15. The van der Waals surface area contributed by atoms with Crippen LogP contribution >= 0.6 is 0 Å². The maximum Gasteiger partial charge on any atom is 0.329 e. The number of anilines is 1. The number of aromatic nitrogens is 3. The highest BCUT2D eigenvalue weighted by molar-refractivity contribution is 5.87. The van der Waals surface area contributed by atoms with Crippen molar-refractivity contribution in [1.29, 1.82) is 0 Å². The SMILES string of the molecule is CCNc1ccnc2c1c(=O)[nH]c(=O)n2CC. The molecule has 0 aliphatic rings. The monoisotopic (exact) mass is 234 g/mol. The molecule has 2 heterocycles. The Morgan fingerprint density at radius 1 is 1.41 bits per heavy atom. The molecule has 6 nitrogen and oxygen atoms in total. The van der Waals surface area contributed by atoms with Gasteiger partial charge in [-0.1, -0.05) is 0 Å². The van der Waals surface area contributed by atoms with Crippen molar-refractivity contribution in [3.05, 3.63) is 33.1 Å². The molecule has 0 saturated heterocycles. The van der Waals surface area contributed by atoms with E-state index >= 15 is 0 Å². The molecule has 2 rings (SSSR count). The van der Waals surface area contributed by atoms with Gasteiger partial charge in [0.2, 0.25) is 0 Å². The van der Waals surface area contributed by atoms with Gasteiger partial charge in [0.15, 0.2) is 5.65 Å². The lowest BCUT2D eigenvalue weighted by molar-refractivity contribution is 0.718. The van der Waals surface area contributed by atoms with E-state index in [0.29, 0.717) is 29.8 Å². The Kier molecular flexibility index (Phi) is 2.95. The second-order valence-electron chi connectivity index (χ2n) is 3.59. The summed E-state index contributed by atoms with van der Waals surface area (Å²) in [7, 11) is 0. The van der Waals surface area contributed by atoms with Crippen LogP contribution in [0.4, 0.5) is 5.69 Å². The zero-order chi connectivity index (χ0) is 12.4. The third-order valence-electron chi connectivity index (χ3n) is 2.56. The zero-order valence-electron chi connectivity index (χ0n) is 9.78. The van der Waals surface area contributed by atoms with E-state index in [1.54, 1.807) is 12.3 Å². The van der Waals surface area contributed by atoms with Crippen molar-refractivity contribution >= 4 is 16.7 Å². The average molecular weight is 234 g/mol. The number of pyridine rings is 1. The first-order valence-electron chi connectivity index (χ1n) is 5.54. The van der Waals surface area contributed by atoms with E-state index in [-0.39, 0.29) is 0 Å². The fraction of sp³-hybridized carbons (Fsp3) is 0.364. The van der Waals surface area contributed by atoms with Crippen LogP contribution in [0.2, 0.25) is 0 Å². The van der Waals surface area contributed by atoms with Crippen LogP contribution in [0.3, 0.4) is 0 Å². The standard InChI is InChI=1S/C11H14N4O2/c1-3-12-7-5-6-13-9-8(7)10(16)14-11(17)15(9)4-2/h5-6H,3-4H2,1-2H3,(H,12,13)(H,14,16,17). The molecule has 0 bridgehead atoms. The number of nitrogens with one attached hydrogen (secondary N) is 2. The molecule has 0 aliphatic heterocycles. The number of nitrogens with zero attached hydrogens (tertiary/aromatic N) is 2. The predicted molar refractivity (Wildman–Crippen MR) is 66.5 cm³/mol. The van der Waals surface area contributed by atoms with Gasteiger partial charge in [0.1, 0.15) is 5.39 Å². The van der Waals surface area contributed by atoms with Crippen molar-refractivity contribution in [3.63, 3.8) is 0 Å². The van der Waals surface area contributed by atoms with Crippen LogP contribution in [0.25, 0.3) is 11.0 Å². The van der Waals surface area contributed by atoms with Gasteiger partial charge in [0.25, 0.3) is 5.56 Å². The minimum Gasteiger partial charge on any atom is -0.385 e. The minimum atomic E-state index is -0.425. The molecular weight excluding hydrogens is 220 g/mol. The van der Waals surface area contributed by atoms with Crippen molar-refractivity contribution in [3.8, 4) is 0 Å². The van der Waals surface area contributed by atoms with Crippen molar-refractivity contribution in [2.24, 2.45) is 0 Å². The molecule has 90 valence electrons. The highest BCUT2D eigenvalue weighted by atomic mass is 16.2. The molecule has 0 amide bonds. The molecule has 0 spiro atoms. The van der Waals surface area contributed by atoms with Crippen LogP contribution in [0.1, 0.15) is 13.8 Å². The number of aryl methyl sites for hydroxylation is 1. The predicted octanol–water partition coefficient (Wildman–Crippen LogP) is 0.536. The van der Waals surface area contributed by atoms with Crippen molar-refractivity contribution in [1.82, 2.24) is 14.5 Å². The first-order valence-corrected chi connectivity index (χ1v) is 5.54. The smallest absolute Gasteiger partial charge is 0.329 e. The van der Waals surface area contributed by atoms with E-state index in [1.807, 2.05) is 13.8 Å². The third-order valence-corrected chi connectivity index (χ3v) is 2.56. The largest absolute Gasteiger partial charge is 0.385 e. The van der Waals surface area contributed by atoms with Crippen LogP contribution in [0, 0.1) is 0 Å². The number of hydrogen-bond acceptors (Lipinski definition) is 4. The molecule has 0 unspecified atom stereocenters. The van der Waals surface area contributed by atoms with E-state index in [4.69, 9.17) is 0 Å². The minimum absolute atomic E-state index is 0.404. The van der Waals surface area contributed by atoms with Gasteiger partial charge in [-0.2, -0.15) is 0 Å². The lowest BCUT2D eigenvalue weighted by atomic mass is 10.2. The summed E-state index contributed by atoms with van der Waals surface area (Å²) in [5.74, 6) is 0. The maximum atomic E-state index is 11.8. The number of H-pyrrole nitrogens is 1. The fourth-order valence-electron chi connectivity index (χ4n) is 1.83. The molecular formula is C11H14N4O2. The topological polar surface area (TPSA) is 79.8 Å². The second kappa shape index (κ2) is 4.40. The van der Waals surface area contributed by atoms with Crippen molar-refractivity contribution < 1.29 is 0 Å². The summed E-state index contributed by atoms with van der Waals surface area (Å²) in [6.07, 6.45) is 1.59. The molecule has 2 aromatic rings. The van der Waals surface area contributed by atoms with Crippen LogP contribution in [0.5, 0.6) is 0 Å². The number of fused-ring (bicyclic) bond motifs is 1. The van der Waals surface area contributed by atoms with Gasteiger partial charge in [0, 0.05) is 19.3 Å². The average Bonchev–Trinajstić information content (AvgIpc) is 2.29. The Morgan fingerprint density at radius 2 is 2.18 bits per heavy atom. The zero-order valence-corrected chi connectivity index (χ0v) is 9.78. The summed E-state index contributed by atoms with van der Waals surface area (Å²) in [5.41, 5.74) is 0.283. The summed E-state index contributed by atoms with van der Waals surface area (Å²) in [6.45, 7) is 4.94. The van der Waals surface area contributed by atoms with Crippen LogP contribution < -0.4 is 16.6 Å². The van der Waals surface area contributed by atoms with Gasteiger partial charge in [-0.05, 0) is 19.9 Å². The normalized spacial score (nSPS) is 10.7. The van der Waals surface area contributed by atoms with Gasteiger partial charge in [-0.25, -0.2) is 9.78 Å². The number of aromatic amines is 1. The Balaban J connectivity index is 2.92. The first kappa shape index (κ1) is 11.4. The van der Waals surface area contributed by atoms with Gasteiger partial charge < -0.3 is 5.32 Å². The third kappa shape index (κ3) is 1.82. The van der Waals surface area contributed by atoms with Crippen LogP contribution in [0.15, 0.2) is 21.9 Å². The van der Waals surface area contributed by atoms with Crippen molar-refractivity contribution in [2.75, 3.05) is 11.9 Å². The van der Waals surface area contributed by atoms with E-state index in [2.05, 4.69) is 15.3 Å². The lowest BCUT2D eigenvalue weighted by Gasteiger charge is -2.09. The first-order chi connectivity index (χ1) is 8.19. The van der Waals surface area contributed by atoms with Gasteiger partial charge in [0.05, 0.1) is 5.69 Å². The van der Waals surface area contributed by atoms with E-state index < -0.39 is 11.2 Å². The maximum absolute atomic E-state index is 11.8. The Bertz CT molecular complexity index is 657. The fourth-order valence-corrected chi connectivity index (χ4v) is 1.83. The molecule has 0 radical (unpaired) electrons. The second-order valence-corrected chi connectivity index (χ2v) is 3.59. The summed E-state index contributed by atoms with van der Waals surface area (Å²) < 4.78 is 1.44. The van der Waals surface area contributed by atoms with Crippen molar-refractivity contribution in [2.45, 2.75) is 20.4 Å². The van der Waals surface area contributed by atoms with E-state index in [9.17, 15) is 9.59 Å². The highest BCUT2D eigenvalue weighted by Gasteiger charge is 2.10.